The van der Waals surface area contributed by atoms with E-state index >= 15 is 0 Å². The van der Waals surface area contributed by atoms with Gasteiger partial charge in [0.15, 0.2) is 6.61 Å². The van der Waals surface area contributed by atoms with E-state index in [1.54, 1.807) is 42.5 Å². The Morgan fingerprint density at radius 1 is 1.19 bits per heavy atom. The van der Waals surface area contributed by atoms with Crippen LogP contribution < -0.4 is 14.8 Å². The van der Waals surface area contributed by atoms with Crippen molar-refractivity contribution in [2.45, 2.75) is 6.92 Å². The lowest BCUT2D eigenvalue weighted by Crippen LogP contribution is -2.13. The summed E-state index contributed by atoms with van der Waals surface area (Å²) in [5.41, 5.74) is 1.23. The van der Waals surface area contributed by atoms with Crippen LogP contribution in [0.3, 0.4) is 0 Å². The van der Waals surface area contributed by atoms with Crippen molar-refractivity contribution in [3.63, 3.8) is 0 Å². The van der Waals surface area contributed by atoms with Crippen molar-refractivity contribution in [3.8, 4) is 23.6 Å². The number of nitrogens with zero attached hydrogens (tertiary/aromatic N) is 2. The van der Waals surface area contributed by atoms with Crippen LogP contribution in [-0.4, -0.2) is 19.1 Å². The largest absolute Gasteiger partial charge is 0.494 e. The number of carbonyl (C=O) groups excluding carboxylic acids is 1. The standard InChI is InChI=1S/C20H16IN3O3/c1-2-26-17-6-4-16(5-7-17)24-20(25)15(13-23)11-14-3-8-19(18(21)12-14)27-10-9-22/h3-8,11-12H,2,10H2,1H3,(H,24,25)/b15-11-. The first kappa shape index (κ1) is 20.3. The number of anilines is 1. The monoisotopic (exact) mass is 473 g/mol. The molecule has 0 fully saturated rings. The fraction of sp³-hybridized carbons (Fsp3) is 0.150. The molecule has 0 aromatic heterocycles. The molecule has 1 amide bonds. The first-order valence-electron chi connectivity index (χ1n) is 8.02. The van der Waals surface area contributed by atoms with E-state index in [9.17, 15) is 10.1 Å². The van der Waals surface area contributed by atoms with Gasteiger partial charge in [0, 0.05) is 5.69 Å². The minimum Gasteiger partial charge on any atom is -0.494 e. The van der Waals surface area contributed by atoms with E-state index in [1.807, 2.05) is 19.1 Å². The van der Waals surface area contributed by atoms with Crippen molar-refractivity contribution in [1.82, 2.24) is 0 Å². The number of halogens is 1. The summed E-state index contributed by atoms with van der Waals surface area (Å²) < 4.78 is 11.4. The molecule has 0 bridgehead atoms. The van der Waals surface area contributed by atoms with E-state index in [0.29, 0.717) is 29.4 Å². The minimum atomic E-state index is -0.499. The summed E-state index contributed by atoms with van der Waals surface area (Å²) in [7, 11) is 0. The molecule has 0 atom stereocenters. The predicted molar refractivity (Wildman–Crippen MR) is 110 cm³/mol. The summed E-state index contributed by atoms with van der Waals surface area (Å²) in [6.07, 6.45) is 1.50. The molecule has 2 rings (SSSR count). The summed E-state index contributed by atoms with van der Waals surface area (Å²) in [5, 5.41) is 20.6. The van der Waals surface area contributed by atoms with Crippen molar-refractivity contribution in [2.24, 2.45) is 0 Å². The fourth-order valence-corrected chi connectivity index (χ4v) is 2.84. The number of rotatable bonds is 7. The third kappa shape index (κ3) is 6.01. The molecule has 0 heterocycles. The molecular formula is C20H16IN3O3. The lowest BCUT2D eigenvalue weighted by Gasteiger charge is -2.07. The molecule has 0 radical (unpaired) electrons. The zero-order valence-corrected chi connectivity index (χ0v) is 16.7. The van der Waals surface area contributed by atoms with Crippen molar-refractivity contribution >= 4 is 40.3 Å². The maximum atomic E-state index is 12.4. The highest BCUT2D eigenvalue weighted by molar-refractivity contribution is 14.1. The van der Waals surface area contributed by atoms with Gasteiger partial charge < -0.3 is 14.8 Å². The average Bonchev–Trinajstić information content (AvgIpc) is 2.67. The maximum Gasteiger partial charge on any atom is 0.266 e. The molecule has 27 heavy (non-hydrogen) atoms. The Labute approximate surface area is 171 Å². The van der Waals surface area contributed by atoms with Crippen LogP contribution in [0.25, 0.3) is 6.08 Å². The van der Waals surface area contributed by atoms with Gasteiger partial charge in [-0.2, -0.15) is 10.5 Å². The molecule has 0 spiro atoms. The molecule has 0 aliphatic rings. The molecule has 0 unspecified atom stereocenters. The van der Waals surface area contributed by atoms with Crippen LogP contribution in [0.15, 0.2) is 48.0 Å². The van der Waals surface area contributed by atoms with Gasteiger partial charge in [-0.3, -0.25) is 4.79 Å². The van der Waals surface area contributed by atoms with Crippen LogP contribution in [0.4, 0.5) is 5.69 Å². The van der Waals surface area contributed by atoms with Gasteiger partial charge in [-0.25, -0.2) is 0 Å². The van der Waals surface area contributed by atoms with Gasteiger partial charge in [0.2, 0.25) is 0 Å². The van der Waals surface area contributed by atoms with E-state index in [1.165, 1.54) is 6.08 Å². The summed E-state index contributed by atoms with van der Waals surface area (Å²) in [6.45, 7) is 2.41. The average molecular weight is 473 g/mol. The number of hydrogen-bond donors (Lipinski definition) is 1. The third-order valence-corrected chi connectivity index (χ3v) is 4.19. The van der Waals surface area contributed by atoms with E-state index in [2.05, 4.69) is 27.9 Å². The second kappa shape index (κ2) is 10.2. The Kier molecular flexibility index (Phi) is 7.65. The van der Waals surface area contributed by atoms with Gasteiger partial charge in [-0.1, -0.05) is 6.07 Å². The number of carbonyl (C=O) groups is 1. The summed E-state index contributed by atoms with van der Waals surface area (Å²) in [4.78, 5) is 12.4. The third-order valence-electron chi connectivity index (χ3n) is 3.35. The van der Waals surface area contributed by atoms with Gasteiger partial charge >= 0.3 is 0 Å². The molecule has 2 aromatic carbocycles. The second-order valence-electron chi connectivity index (χ2n) is 5.22. The number of amides is 1. The molecule has 0 saturated heterocycles. The van der Waals surface area contributed by atoms with Crippen LogP contribution in [-0.2, 0) is 4.79 Å². The van der Waals surface area contributed by atoms with E-state index in [-0.39, 0.29) is 12.2 Å². The number of nitrogens with one attached hydrogen (secondary N) is 1. The second-order valence-corrected chi connectivity index (χ2v) is 6.38. The molecule has 1 N–H and O–H groups in total. The molecule has 7 heteroatoms. The van der Waals surface area contributed by atoms with Crippen molar-refractivity contribution in [1.29, 1.82) is 10.5 Å². The molecular weight excluding hydrogens is 457 g/mol. The van der Waals surface area contributed by atoms with E-state index < -0.39 is 5.91 Å². The van der Waals surface area contributed by atoms with Gasteiger partial charge in [0.1, 0.15) is 29.2 Å². The number of benzene rings is 2. The molecule has 0 saturated carbocycles. The van der Waals surface area contributed by atoms with Gasteiger partial charge in [0.05, 0.1) is 10.2 Å². The highest BCUT2D eigenvalue weighted by atomic mass is 127. The fourth-order valence-electron chi connectivity index (χ4n) is 2.15. The Balaban J connectivity index is 2.13. The van der Waals surface area contributed by atoms with Crippen molar-refractivity contribution < 1.29 is 14.3 Å². The maximum absolute atomic E-state index is 12.4. The Bertz CT molecular complexity index is 925. The van der Waals surface area contributed by atoms with Crippen LogP contribution in [0.2, 0.25) is 0 Å². The molecule has 0 aliphatic carbocycles. The van der Waals surface area contributed by atoms with Crippen molar-refractivity contribution in [2.75, 3.05) is 18.5 Å². The Morgan fingerprint density at radius 3 is 2.52 bits per heavy atom. The lowest BCUT2D eigenvalue weighted by molar-refractivity contribution is -0.112. The van der Waals surface area contributed by atoms with Crippen LogP contribution >= 0.6 is 22.6 Å². The summed E-state index contributed by atoms with van der Waals surface area (Å²) in [6, 6.07) is 15.9. The van der Waals surface area contributed by atoms with Gasteiger partial charge in [-0.15, -0.1) is 0 Å². The molecule has 136 valence electrons. The quantitative estimate of drug-likeness (QED) is 0.371. The predicted octanol–water partition coefficient (Wildman–Crippen LogP) is 4.14. The highest BCUT2D eigenvalue weighted by Gasteiger charge is 2.10. The normalized spacial score (nSPS) is 10.4. The van der Waals surface area contributed by atoms with Crippen LogP contribution in [0.1, 0.15) is 12.5 Å². The highest BCUT2D eigenvalue weighted by Crippen LogP contribution is 2.23. The Morgan fingerprint density at radius 2 is 1.93 bits per heavy atom. The van der Waals surface area contributed by atoms with Crippen molar-refractivity contribution in [3.05, 3.63) is 57.2 Å². The minimum absolute atomic E-state index is 0.0228. The summed E-state index contributed by atoms with van der Waals surface area (Å²) in [5.74, 6) is 0.785. The first-order valence-corrected chi connectivity index (χ1v) is 9.10. The Hall–Kier alpha value is -3.04. The topological polar surface area (TPSA) is 95.1 Å². The number of nitriles is 2. The molecule has 0 aliphatic heterocycles. The summed E-state index contributed by atoms with van der Waals surface area (Å²) >= 11 is 2.07. The van der Waals surface area contributed by atoms with E-state index in [0.717, 1.165) is 3.57 Å². The zero-order chi connectivity index (χ0) is 19.6. The SMILES string of the molecule is CCOc1ccc(NC(=O)/C(C#N)=C\c2ccc(OCC#N)c(I)c2)cc1. The smallest absolute Gasteiger partial charge is 0.266 e. The van der Waals surface area contributed by atoms with Crippen LogP contribution in [0.5, 0.6) is 11.5 Å². The number of hydrogen-bond acceptors (Lipinski definition) is 5. The number of ether oxygens (including phenoxy) is 2. The lowest BCUT2D eigenvalue weighted by atomic mass is 10.1. The van der Waals surface area contributed by atoms with Crippen LogP contribution in [0, 0.1) is 26.2 Å². The van der Waals surface area contributed by atoms with Gasteiger partial charge in [-0.05, 0) is 77.6 Å². The van der Waals surface area contributed by atoms with E-state index in [4.69, 9.17) is 14.7 Å². The molecule has 6 nitrogen and oxygen atoms in total. The zero-order valence-electron chi connectivity index (χ0n) is 14.5. The van der Waals surface area contributed by atoms with Gasteiger partial charge in [0.25, 0.3) is 5.91 Å². The first-order chi connectivity index (χ1) is 13.1. The molecule has 2 aromatic rings.